The fraction of sp³-hybridized carbons (Fsp3) is 0.455. The molecule has 1 aliphatic heterocycles. The summed E-state index contributed by atoms with van der Waals surface area (Å²) in [4.78, 5) is 1.31. The third kappa shape index (κ3) is 1.51. The average Bonchev–Trinajstić information content (AvgIpc) is 2.96. The van der Waals surface area contributed by atoms with Crippen molar-refractivity contribution in [3.05, 3.63) is 23.2 Å². The van der Waals surface area contributed by atoms with Crippen LogP contribution in [0.25, 0.3) is 0 Å². The number of hydrogen-bond acceptors (Lipinski definition) is 2. The zero-order chi connectivity index (χ0) is 9.60. The summed E-state index contributed by atoms with van der Waals surface area (Å²) < 4.78 is 0. The summed E-state index contributed by atoms with van der Waals surface area (Å²) >= 11 is 7.92. The zero-order valence-electron chi connectivity index (χ0n) is 7.85. The van der Waals surface area contributed by atoms with Crippen LogP contribution in [-0.2, 0) is 0 Å². The van der Waals surface area contributed by atoms with Crippen LogP contribution in [0, 0.1) is 5.41 Å². The Morgan fingerprint density at radius 2 is 2.21 bits per heavy atom. The van der Waals surface area contributed by atoms with Gasteiger partial charge in [0.25, 0.3) is 0 Å². The summed E-state index contributed by atoms with van der Waals surface area (Å²) in [6.07, 6.45) is 2.77. The summed E-state index contributed by atoms with van der Waals surface area (Å²) in [5.74, 6) is 1.24. The van der Waals surface area contributed by atoms with E-state index in [2.05, 4.69) is 17.4 Å². The Morgan fingerprint density at radius 1 is 1.36 bits per heavy atom. The van der Waals surface area contributed by atoms with Crippen LogP contribution in [0.2, 0.25) is 5.02 Å². The quantitative estimate of drug-likeness (QED) is 0.724. The number of fused-ring (bicyclic) bond motifs is 1. The van der Waals surface area contributed by atoms with Crippen molar-refractivity contribution >= 4 is 29.1 Å². The molecule has 1 aliphatic carbocycles. The lowest BCUT2D eigenvalue weighted by Gasteiger charge is -2.10. The van der Waals surface area contributed by atoms with E-state index in [0.29, 0.717) is 5.41 Å². The summed E-state index contributed by atoms with van der Waals surface area (Å²) in [6, 6.07) is 6.11. The summed E-state index contributed by atoms with van der Waals surface area (Å²) in [7, 11) is 0. The summed E-state index contributed by atoms with van der Waals surface area (Å²) in [5.41, 5.74) is 1.85. The highest BCUT2D eigenvalue weighted by molar-refractivity contribution is 7.99. The van der Waals surface area contributed by atoms with E-state index in [-0.39, 0.29) is 0 Å². The van der Waals surface area contributed by atoms with Crippen molar-refractivity contribution in [3.63, 3.8) is 0 Å². The molecule has 0 radical (unpaired) electrons. The fourth-order valence-corrected chi connectivity index (χ4v) is 3.42. The predicted octanol–water partition coefficient (Wildman–Crippen LogP) is 3.64. The van der Waals surface area contributed by atoms with E-state index in [1.807, 2.05) is 17.8 Å². The van der Waals surface area contributed by atoms with Gasteiger partial charge in [0.05, 0.1) is 0 Å². The lowest BCUT2D eigenvalue weighted by Crippen LogP contribution is -2.15. The van der Waals surface area contributed by atoms with Gasteiger partial charge in [-0.1, -0.05) is 11.6 Å². The lowest BCUT2D eigenvalue weighted by molar-refractivity contribution is 0.626. The molecule has 1 N–H and O–H groups in total. The van der Waals surface area contributed by atoms with Gasteiger partial charge in [-0.2, -0.15) is 0 Å². The number of thioether (sulfide) groups is 1. The van der Waals surface area contributed by atoms with Crippen molar-refractivity contribution < 1.29 is 0 Å². The molecule has 1 aromatic rings. The molecule has 1 spiro atoms. The number of rotatable bonds is 0. The minimum absolute atomic E-state index is 0.593. The van der Waals surface area contributed by atoms with E-state index >= 15 is 0 Å². The minimum Gasteiger partial charge on any atom is -0.384 e. The van der Waals surface area contributed by atoms with E-state index in [1.54, 1.807) is 0 Å². The second-order valence-electron chi connectivity index (χ2n) is 4.28. The predicted molar refractivity (Wildman–Crippen MR) is 62.3 cm³/mol. The molecular weight excluding hydrogens is 214 g/mol. The van der Waals surface area contributed by atoms with Gasteiger partial charge in [-0.3, -0.25) is 0 Å². The molecular formula is C11H12ClNS. The molecule has 1 aromatic carbocycles. The molecule has 1 saturated carbocycles. The average molecular weight is 226 g/mol. The van der Waals surface area contributed by atoms with Crippen molar-refractivity contribution in [2.45, 2.75) is 17.7 Å². The van der Waals surface area contributed by atoms with Crippen LogP contribution in [-0.4, -0.2) is 12.3 Å². The lowest BCUT2D eigenvalue weighted by atomic mass is 10.1. The maximum Gasteiger partial charge on any atom is 0.0479 e. The zero-order valence-corrected chi connectivity index (χ0v) is 9.42. The van der Waals surface area contributed by atoms with Crippen LogP contribution in [0.4, 0.5) is 5.69 Å². The van der Waals surface area contributed by atoms with Crippen LogP contribution in [0.15, 0.2) is 23.1 Å². The third-order valence-electron chi connectivity index (χ3n) is 3.09. The Labute approximate surface area is 93.2 Å². The van der Waals surface area contributed by atoms with Gasteiger partial charge in [-0.15, -0.1) is 11.8 Å². The summed E-state index contributed by atoms with van der Waals surface area (Å²) in [5, 5.41) is 4.36. The Morgan fingerprint density at radius 3 is 3.00 bits per heavy atom. The fourth-order valence-electron chi connectivity index (χ4n) is 1.82. The first kappa shape index (κ1) is 8.93. The Bertz CT molecular complexity index is 374. The minimum atomic E-state index is 0.593. The molecule has 2 aliphatic rings. The van der Waals surface area contributed by atoms with Gasteiger partial charge in [0.1, 0.15) is 0 Å². The molecule has 0 amide bonds. The van der Waals surface area contributed by atoms with E-state index < -0.39 is 0 Å². The first-order chi connectivity index (χ1) is 6.77. The van der Waals surface area contributed by atoms with Gasteiger partial charge in [0.2, 0.25) is 0 Å². The van der Waals surface area contributed by atoms with E-state index in [1.165, 1.54) is 29.2 Å². The maximum atomic E-state index is 5.98. The molecule has 0 atom stereocenters. The molecule has 1 fully saturated rings. The highest BCUT2D eigenvalue weighted by Gasteiger charge is 2.43. The number of benzene rings is 1. The third-order valence-corrected chi connectivity index (χ3v) is 4.73. The van der Waals surface area contributed by atoms with Gasteiger partial charge < -0.3 is 5.32 Å². The maximum absolute atomic E-state index is 5.98. The smallest absolute Gasteiger partial charge is 0.0479 e. The van der Waals surface area contributed by atoms with Crippen molar-refractivity contribution in [2.75, 3.05) is 17.6 Å². The van der Waals surface area contributed by atoms with Crippen molar-refractivity contribution in [1.82, 2.24) is 0 Å². The summed E-state index contributed by atoms with van der Waals surface area (Å²) in [6.45, 7) is 1.13. The van der Waals surface area contributed by atoms with Gasteiger partial charge in [0, 0.05) is 27.9 Å². The Kier molecular flexibility index (Phi) is 1.96. The van der Waals surface area contributed by atoms with Gasteiger partial charge in [-0.05, 0) is 36.5 Å². The van der Waals surface area contributed by atoms with E-state index in [0.717, 1.165) is 11.6 Å². The number of hydrogen-bond donors (Lipinski definition) is 1. The van der Waals surface area contributed by atoms with Gasteiger partial charge in [-0.25, -0.2) is 0 Å². The first-order valence-corrected chi connectivity index (χ1v) is 6.30. The van der Waals surface area contributed by atoms with Crippen LogP contribution >= 0.6 is 23.4 Å². The molecule has 0 unspecified atom stereocenters. The largest absolute Gasteiger partial charge is 0.384 e. The molecule has 0 bridgehead atoms. The SMILES string of the molecule is Clc1ccc2c(c1)SCC1(CC1)CN2. The highest BCUT2D eigenvalue weighted by Crippen LogP contribution is 2.52. The van der Waals surface area contributed by atoms with Gasteiger partial charge >= 0.3 is 0 Å². The second-order valence-corrected chi connectivity index (χ2v) is 5.74. The van der Waals surface area contributed by atoms with Crippen LogP contribution in [0.1, 0.15) is 12.8 Å². The molecule has 3 rings (SSSR count). The molecule has 0 aromatic heterocycles. The Balaban J connectivity index is 1.93. The Hall–Kier alpha value is -0.340. The number of anilines is 1. The van der Waals surface area contributed by atoms with Crippen LogP contribution in [0.5, 0.6) is 0 Å². The highest BCUT2D eigenvalue weighted by atomic mass is 35.5. The standard InChI is InChI=1S/C11H12ClNS/c12-8-1-2-9-10(5-8)14-7-11(3-4-11)6-13-9/h1-2,5,13H,3-4,6-7H2. The van der Waals surface area contributed by atoms with Crippen molar-refractivity contribution in [3.8, 4) is 0 Å². The van der Waals surface area contributed by atoms with Crippen LogP contribution < -0.4 is 5.32 Å². The number of halogens is 1. The molecule has 0 saturated heterocycles. The molecule has 74 valence electrons. The van der Waals surface area contributed by atoms with E-state index in [4.69, 9.17) is 11.6 Å². The first-order valence-electron chi connectivity index (χ1n) is 4.94. The normalized spacial score (nSPS) is 22.4. The number of nitrogens with one attached hydrogen (secondary N) is 1. The van der Waals surface area contributed by atoms with Crippen LogP contribution in [0.3, 0.4) is 0 Å². The van der Waals surface area contributed by atoms with Crippen molar-refractivity contribution in [2.24, 2.45) is 5.41 Å². The topological polar surface area (TPSA) is 12.0 Å². The molecule has 3 heteroatoms. The molecule has 1 nitrogen and oxygen atoms in total. The van der Waals surface area contributed by atoms with E-state index in [9.17, 15) is 0 Å². The molecule has 1 heterocycles. The molecule has 14 heavy (non-hydrogen) atoms. The van der Waals surface area contributed by atoms with Gasteiger partial charge in [0.15, 0.2) is 0 Å². The second kappa shape index (κ2) is 3.07. The van der Waals surface area contributed by atoms with Crippen molar-refractivity contribution in [1.29, 1.82) is 0 Å². The monoisotopic (exact) mass is 225 g/mol.